The van der Waals surface area contributed by atoms with Gasteiger partial charge in [0.1, 0.15) is 27.9 Å². The molecule has 3 heterocycles. The number of H-pyrrole nitrogens is 1. The number of aromatic amines is 1. The van der Waals surface area contributed by atoms with Crippen LogP contribution < -0.4 is 0 Å². The molecule has 1 unspecified atom stereocenters. The fourth-order valence-corrected chi connectivity index (χ4v) is 4.71. The van der Waals surface area contributed by atoms with Crippen LogP contribution in [0.25, 0.3) is 21.8 Å². The average Bonchev–Trinajstić information content (AvgIpc) is 3.16. The van der Waals surface area contributed by atoms with Gasteiger partial charge >= 0.3 is 5.97 Å². The second-order valence-electron chi connectivity index (χ2n) is 6.91. The molecule has 0 saturated carbocycles. The zero-order valence-electron chi connectivity index (χ0n) is 15.9. The number of aromatic hydroxyl groups is 1. The van der Waals surface area contributed by atoms with Crippen molar-refractivity contribution in [3.8, 4) is 5.75 Å². The third kappa shape index (κ3) is 2.92. The Labute approximate surface area is 167 Å². The zero-order valence-corrected chi connectivity index (χ0v) is 16.7. The van der Waals surface area contributed by atoms with Gasteiger partial charge in [0.05, 0.1) is 23.0 Å². The molecule has 3 aromatic rings. The van der Waals surface area contributed by atoms with Crippen molar-refractivity contribution >= 4 is 44.4 Å². The number of aromatic carboxylic acids is 1. The molecule has 0 radical (unpaired) electrons. The summed E-state index contributed by atoms with van der Waals surface area (Å²) in [5, 5.41) is 20.7. The quantitative estimate of drug-likeness (QED) is 0.551. The number of likely N-dealkylation sites (N-methyl/N-ethyl adjacent to an activating group) is 1. The van der Waals surface area contributed by atoms with Crippen LogP contribution >= 0.6 is 0 Å². The Balaban J connectivity index is 2.05. The van der Waals surface area contributed by atoms with E-state index in [1.807, 2.05) is 0 Å². The van der Waals surface area contributed by atoms with E-state index in [1.54, 1.807) is 30.0 Å². The van der Waals surface area contributed by atoms with Crippen LogP contribution in [0, 0.1) is 0 Å². The number of rotatable bonds is 4. The van der Waals surface area contributed by atoms with Crippen LogP contribution in [-0.2, 0) is 10.8 Å². The Bertz CT molecular complexity index is 1260. The van der Waals surface area contributed by atoms with Crippen molar-refractivity contribution in [1.82, 2.24) is 19.8 Å². The van der Waals surface area contributed by atoms with Gasteiger partial charge < -0.3 is 25.0 Å². The highest BCUT2D eigenvalue weighted by Crippen LogP contribution is 2.33. The summed E-state index contributed by atoms with van der Waals surface area (Å²) < 4.78 is 12.2. The lowest BCUT2D eigenvalue weighted by Gasteiger charge is -2.15. The molecule has 150 valence electrons. The van der Waals surface area contributed by atoms with Gasteiger partial charge in [0.2, 0.25) is 5.78 Å². The fourth-order valence-electron chi connectivity index (χ4n) is 3.69. The minimum Gasteiger partial charge on any atom is -0.508 e. The molecule has 1 aliphatic heterocycles. The van der Waals surface area contributed by atoms with Gasteiger partial charge in [-0.1, -0.05) is 0 Å². The standard InChI is InChI=1S/C19H18N4O5S/c1-22-8-23(2)18(29(3)28)16(22)17(25)15-14-11(7-13(21-15)19(26)27)10-6-9(24)4-5-12(10)20-14/h4-7,20,24H,8H2,1-3H3,(H,26,27). The minimum absolute atomic E-state index is 0.0171. The van der Waals surface area contributed by atoms with E-state index in [2.05, 4.69) is 9.97 Å². The summed E-state index contributed by atoms with van der Waals surface area (Å²) >= 11 is 0. The number of Topliss-reactive ketones (excluding diaryl/α,β-unsaturated/α-hetero) is 1. The Hall–Kier alpha value is -3.40. The zero-order chi connectivity index (χ0) is 21.0. The smallest absolute Gasteiger partial charge is 0.354 e. The number of carbonyl (C=O) groups excluding carboxylic acids is 1. The third-order valence-electron chi connectivity index (χ3n) is 4.85. The number of hydrogen-bond acceptors (Lipinski definition) is 7. The number of phenolic OH excluding ortho intramolecular Hbond substituents is 1. The maximum Gasteiger partial charge on any atom is 0.354 e. The van der Waals surface area contributed by atoms with E-state index in [4.69, 9.17) is 0 Å². The van der Waals surface area contributed by atoms with Crippen LogP contribution in [0.5, 0.6) is 5.75 Å². The van der Waals surface area contributed by atoms with Crippen LogP contribution in [0.4, 0.5) is 0 Å². The SMILES string of the molecule is CN1CN(C)C(S(C)=O)=C1C(=O)c1nc(C(=O)O)cc2c1[nH]c1ccc(O)cc12. The van der Waals surface area contributed by atoms with Crippen molar-refractivity contribution < 1.29 is 24.0 Å². The van der Waals surface area contributed by atoms with Gasteiger partial charge in [-0.3, -0.25) is 9.00 Å². The highest BCUT2D eigenvalue weighted by Gasteiger charge is 2.34. The van der Waals surface area contributed by atoms with E-state index >= 15 is 0 Å². The molecule has 1 aliphatic rings. The number of carboxylic acids is 1. The maximum atomic E-state index is 13.5. The van der Waals surface area contributed by atoms with E-state index in [-0.39, 0.29) is 22.8 Å². The number of aromatic nitrogens is 2. The molecule has 29 heavy (non-hydrogen) atoms. The summed E-state index contributed by atoms with van der Waals surface area (Å²) in [6, 6.07) is 5.99. The first-order valence-electron chi connectivity index (χ1n) is 8.62. The molecule has 0 bridgehead atoms. The number of nitrogens with one attached hydrogen (secondary N) is 1. The molecule has 0 saturated heterocycles. The van der Waals surface area contributed by atoms with Crippen molar-refractivity contribution in [1.29, 1.82) is 0 Å². The number of allylic oxidation sites excluding steroid dienone is 1. The van der Waals surface area contributed by atoms with Crippen LogP contribution in [0.3, 0.4) is 0 Å². The van der Waals surface area contributed by atoms with Crippen LogP contribution in [0.2, 0.25) is 0 Å². The van der Waals surface area contributed by atoms with Gasteiger partial charge in [-0.15, -0.1) is 0 Å². The monoisotopic (exact) mass is 414 g/mol. The van der Waals surface area contributed by atoms with E-state index in [9.17, 15) is 24.0 Å². The Morgan fingerprint density at radius 2 is 1.90 bits per heavy atom. The highest BCUT2D eigenvalue weighted by molar-refractivity contribution is 7.88. The van der Waals surface area contributed by atoms with Crippen molar-refractivity contribution in [2.75, 3.05) is 27.0 Å². The Morgan fingerprint density at radius 3 is 2.55 bits per heavy atom. The summed E-state index contributed by atoms with van der Waals surface area (Å²) in [5.41, 5.74) is 0.833. The molecule has 3 N–H and O–H groups in total. The number of hydrogen-bond donors (Lipinski definition) is 3. The summed E-state index contributed by atoms with van der Waals surface area (Å²) in [4.78, 5) is 35.7. The van der Waals surface area contributed by atoms with Gasteiger partial charge in [-0.05, 0) is 24.3 Å². The first kappa shape index (κ1) is 18.9. The van der Waals surface area contributed by atoms with Crippen molar-refractivity contribution in [2.24, 2.45) is 0 Å². The first-order valence-corrected chi connectivity index (χ1v) is 10.2. The first-order chi connectivity index (χ1) is 13.7. The number of carboxylic acid groups (broad SMARTS) is 1. The van der Waals surface area contributed by atoms with Crippen molar-refractivity contribution in [3.63, 3.8) is 0 Å². The predicted octanol–water partition coefficient (Wildman–Crippen LogP) is 1.68. The molecule has 0 spiro atoms. The van der Waals surface area contributed by atoms with Gasteiger partial charge in [-0.25, -0.2) is 9.78 Å². The molecule has 1 aromatic carbocycles. The summed E-state index contributed by atoms with van der Waals surface area (Å²) in [6.07, 6.45) is 1.49. The number of ketones is 1. The van der Waals surface area contributed by atoms with Crippen LogP contribution in [0.1, 0.15) is 21.0 Å². The number of phenols is 1. The number of benzene rings is 1. The molecule has 0 fully saturated rings. The van der Waals surface area contributed by atoms with Crippen LogP contribution in [-0.4, -0.2) is 73.0 Å². The molecule has 10 heteroatoms. The van der Waals surface area contributed by atoms with Crippen molar-refractivity contribution in [2.45, 2.75) is 0 Å². The van der Waals surface area contributed by atoms with Crippen molar-refractivity contribution in [3.05, 3.63) is 46.4 Å². The van der Waals surface area contributed by atoms with Crippen LogP contribution in [0.15, 0.2) is 35.0 Å². The van der Waals surface area contributed by atoms with E-state index in [0.29, 0.717) is 33.5 Å². The van der Waals surface area contributed by atoms with E-state index in [0.717, 1.165) is 0 Å². The fraction of sp³-hybridized carbons (Fsp3) is 0.211. The number of carbonyl (C=O) groups is 2. The third-order valence-corrected chi connectivity index (χ3v) is 5.90. The second-order valence-corrected chi connectivity index (χ2v) is 8.21. The number of fused-ring (bicyclic) bond motifs is 3. The van der Waals surface area contributed by atoms with E-state index in [1.165, 1.54) is 24.5 Å². The summed E-state index contributed by atoms with van der Waals surface area (Å²) in [7, 11) is 2.01. The van der Waals surface area contributed by atoms with Gasteiger partial charge in [0, 0.05) is 36.6 Å². The summed E-state index contributed by atoms with van der Waals surface area (Å²) in [5.74, 6) is -1.78. The molecular weight excluding hydrogens is 396 g/mol. The molecular formula is C19H18N4O5S. The number of pyridine rings is 1. The lowest BCUT2D eigenvalue weighted by molar-refractivity contribution is 0.0690. The molecule has 1 atom stereocenters. The number of nitrogens with zero attached hydrogens (tertiary/aromatic N) is 3. The molecule has 4 rings (SSSR count). The van der Waals surface area contributed by atoms with Gasteiger partial charge in [-0.2, -0.15) is 0 Å². The maximum absolute atomic E-state index is 13.5. The highest BCUT2D eigenvalue weighted by atomic mass is 32.2. The molecule has 0 aliphatic carbocycles. The second kappa shape index (κ2) is 6.59. The summed E-state index contributed by atoms with van der Waals surface area (Å²) in [6.45, 7) is 0.373. The molecule has 2 aromatic heterocycles. The topological polar surface area (TPSA) is 127 Å². The average molecular weight is 414 g/mol. The lowest BCUT2D eigenvalue weighted by atomic mass is 10.1. The van der Waals surface area contributed by atoms with Gasteiger partial charge in [0.15, 0.2) is 0 Å². The normalized spacial score (nSPS) is 15.6. The Kier molecular flexibility index (Phi) is 4.30. The molecule has 9 nitrogen and oxygen atoms in total. The predicted molar refractivity (Wildman–Crippen MR) is 108 cm³/mol. The molecule has 0 amide bonds. The minimum atomic E-state index is -1.43. The largest absolute Gasteiger partial charge is 0.508 e. The van der Waals surface area contributed by atoms with E-state index < -0.39 is 22.6 Å². The lowest BCUT2D eigenvalue weighted by Crippen LogP contribution is -2.24. The Morgan fingerprint density at radius 1 is 1.17 bits per heavy atom. The van der Waals surface area contributed by atoms with Gasteiger partial charge in [0.25, 0.3) is 0 Å².